The highest BCUT2D eigenvalue weighted by molar-refractivity contribution is 9.10. The molecular weight excluding hydrogens is 218 g/mol. The van der Waals surface area contributed by atoms with E-state index >= 15 is 0 Å². The van der Waals surface area contributed by atoms with Gasteiger partial charge >= 0.3 is 0 Å². The maximum Gasteiger partial charge on any atom is 0.112 e. The van der Waals surface area contributed by atoms with Crippen LogP contribution in [0.2, 0.25) is 0 Å². The Balaban J connectivity index is 0.000000561. The predicted molar refractivity (Wildman–Crippen MR) is 55.7 cm³/mol. The van der Waals surface area contributed by atoms with Crippen LogP contribution in [-0.2, 0) is 0 Å². The molecule has 0 saturated carbocycles. The van der Waals surface area contributed by atoms with Crippen LogP contribution in [0.25, 0.3) is 0 Å². The highest BCUT2D eigenvalue weighted by Gasteiger charge is 1.99. The number of halogens is 1. The summed E-state index contributed by atoms with van der Waals surface area (Å²) in [6, 6.07) is 5.35. The lowest BCUT2D eigenvalue weighted by Crippen LogP contribution is -1.74. The van der Waals surface area contributed by atoms with Crippen LogP contribution in [-0.4, -0.2) is 0 Å². The van der Waals surface area contributed by atoms with Gasteiger partial charge in [-0.25, -0.2) is 0 Å². The number of nitrogens with zero attached hydrogens (tertiary/aromatic N) is 1. The first-order valence-electron chi connectivity index (χ1n) is 3.84. The molecule has 1 rings (SSSR count). The van der Waals surface area contributed by atoms with E-state index in [4.69, 9.17) is 0 Å². The van der Waals surface area contributed by atoms with E-state index in [1.165, 1.54) is 0 Å². The van der Waals surface area contributed by atoms with Gasteiger partial charge in [-0.15, -0.1) is 4.91 Å². The number of hydrogen-bond acceptors (Lipinski definition) is 2. The highest BCUT2D eigenvalue weighted by Crippen LogP contribution is 2.25. The molecule has 1 aromatic carbocycles. The van der Waals surface area contributed by atoms with E-state index in [1.54, 1.807) is 12.1 Å². The molecular formula is C9H12BrNO. The van der Waals surface area contributed by atoms with Crippen LogP contribution in [0.1, 0.15) is 19.4 Å². The molecule has 0 amide bonds. The van der Waals surface area contributed by atoms with Crippen molar-refractivity contribution < 1.29 is 0 Å². The van der Waals surface area contributed by atoms with E-state index in [0.29, 0.717) is 5.69 Å². The number of rotatable bonds is 1. The topological polar surface area (TPSA) is 29.4 Å². The van der Waals surface area contributed by atoms with E-state index in [-0.39, 0.29) is 0 Å². The normalized spacial score (nSPS) is 8.33. The minimum Gasteiger partial charge on any atom is -0.145 e. The van der Waals surface area contributed by atoms with Gasteiger partial charge in [0.15, 0.2) is 0 Å². The Bertz CT molecular complexity index is 261. The van der Waals surface area contributed by atoms with Gasteiger partial charge in [0.1, 0.15) is 5.69 Å². The van der Waals surface area contributed by atoms with E-state index in [0.717, 1.165) is 10.0 Å². The minimum absolute atomic E-state index is 0.495. The lowest BCUT2D eigenvalue weighted by Gasteiger charge is -1.96. The Morgan fingerprint density at radius 3 is 2.33 bits per heavy atom. The van der Waals surface area contributed by atoms with Crippen LogP contribution in [0.4, 0.5) is 5.69 Å². The second-order valence-corrected chi connectivity index (χ2v) is 2.83. The van der Waals surface area contributed by atoms with Crippen molar-refractivity contribution in [2.75, 3.05) is 0 Å². The first kappa shape index (κ1) is 11.3. The average molecular weight is 230 g/mol. The zero-order valence-electron chi connectivity index (χ0n) is 7.47. The average Bonchev–Trinajstić information content (AvgIpc) is 2.13. The Kier molecular flexibility index (Phi) is 5.54. The largest absolute Gasteiger partial charge is 0.145 e. The van der Waals surface area contributed by atoms with Gasteiger partial charge in [-0.3, -0.25) is 0 Å². The van der Waals surface area contributed by atoms with Crippen LogP contribution in [0.5, 0.6) is 0 Å². The number of benzene rings is 1. The van der Waals surface area contributed by atoms with Crippen molar-refractivity contribution in [1.82, 2.24) is 0 Å². The van der Waals surface area contributed by atoms with Gasteiger partial charge in [0, 0.05) is 4.47 Å². The Hall–Kier alpha value is -0.700. The van der Waals surface area contributed by atoms with E-state index < -0.39 is 0 Å². The van der Waals surface area contributed by atoms with Crippen molar-refractivity contribution in [2.45, 2.75) is 20.8 Å². The molecule has 66 valence electrons. The zero-order valence-corrected chi connectivity index (χ0v) is 9.05. The number of nitroso groups, excluding NO2 is 1. The maximum atomic E-state index is 10.1. The monoisotopic (exact) mass is 229 g/mol. The Morgan fingerprint density at radius 1 is 1.33 bits per heavy atom. The van der Waals surface area contributed by atoms with Gasteiger partial charge in [0.05, 0.1) is 0 Å². The van der Waals surface area contributed by atoms with Gasteiger partial charge < -0.3 is 0 Å². The fourth-order valence-corrected chi connectivity index (χ4v) is 1.05. The molecule has 3 heteroatoms. The van der Waals surface area contributed by atoms with E-state index in [1.807, 2.05) is 26.8 Å². The lowest BCUT2D eigenvalue weighted by atomic mass is 10.2. The molecule has 0 N–H and O–H groups in total. The molecule has 1 aromatic rings. The van der Waals surface area contributed by atoms with Gasteiger partial charge in [0.2, 0.25) is 0 Å². The SMILES string of the molecule is CC.Cc1c(Br)cccc1N=O. The molecule has 0 aromatic heterocycles. The van der Waals surface area contributed by atoms with Crippen molar-refractivity contribution in [3.05, 3.63) is 33.1 Å². The molecule has 0 bridgehead atoms. The third-order valence-corrected chi connectivity index (χ3v) is 2.20. The molecule has 0 aliphatic carbocycles. The van der Waals surface area contributed by atoms with Gasteiger partial charge in [-0.2, -0.15) is 0 Å². The van der Waals surface area contributed by atoms with Gasteiger partial charge in [0.25, 0.3) is 0 Å². The highest BCUT2D eigenvalue weighted by atomic mass is 79.9. The standard InChI is InChI=1S/C7H6BrNO.C2H6/c1-5-6(8)3-2-4-7(5)9-10;1-2/h2-4H,1H3;1-2H3. The van der Waals surface area contributed by atoms with Crippen LogP contribution >= 0.6 is 15.9 Å². The molecule has 0 aliphatic rings. The van der Waals surface area contributed by atoms with Gasteiger partial charge in [-0.05, 0) is 29.8 Å². The summed E-state index contributed by atoms with van der Waals surface area (Å²) in [7, 11) is 0. The Labute approximate surface area is 81.1 Å². The summed E-state index contributed by atoms with van der Waals surface area (Å²) in [5, 5.41) is 2.85. The Morgan fingerprint density at radius 2 is 1.92 bits per heavy atom. The van der Waals surface area contributed by atoms with Crippen molar-refractivity contribution in [1.29, 1.82) is 0 Å². The molecule has 0 unspecified atom stereocenters. The summed E-state index contributed by atoms with van der Waals surface area (Å²) < 4.78 is 0.921. The van der Waals surface area contributed by atoms with Crippen LogP contribution < -0.4 is 0 Å². The van der Waals surface area contributed by atoms with Crippen molar-refractivity contribution in [3.8, 4) is 0 Å². The van der Waals surface area contributed by atoms with E-state index in [9.17, 15) is 4.91 Å². The minimum atomic E-state index is 0.495. The molecule has 2 nitrogen and oxygen atoms in total. The fraction of sp³-hybridized carbons (Fsp3) is 0.333. The summed E-state index contributed by atoms with van der Waals surface area (Å²) in [5.74, 6) is 0. The summed E-state index contributed by atoms with van der Waals surface area (Å²) in [4.78, 5) is 10.1. The molecule has 0 saturated heterocycles. The molecule has 0 aliphatic heterocycles. The van der Waals surface area contributed by atoms with Crippen molar-refractivity contribution >= 4 is 21.6 Å². The third-order valence-electron chi connectivity index (χ3n) is 1.34. The summed E-state index contributed by atoms with van der Waals surface area (Å²) in [5.41, 5.74) is 1.38. The van der Waals surface area contributed by atoms with E-state index in [2.05, 4.69) is 21.1 Å². The van der Waals surface area contributed by atoms with Crippen LogP contribution in [0.15, 0.2) is 27.8 Å². The zero-order chi connectivity index (χ0) is 9.56. The molecule has 0 spiro atoms. The summed E-state index contributed by atoms with van der Waals surface area (Å²) >= 11 is 3.29. The maximum absolute atomic E-state index is 10.1. The first-order chi connectivity index (χ1) is 5.75. The first-order valence-corrected chi connectivity index (χ1v) is 4.63. The molecule has 0 atom stereocenters. The summed E-state index contributed by atoms with van der Waals surface area (Å²) in [6.07, 6.45) is 0. The fourth-order valence-electron chi connectivity index (χ4n) is 0.695. The second-order valence-electron chi connectivity index (χ2n) is 1.98. The molecule has 0 radical (unpaired) electrons. The molecule has 0 fully saturated rings. The quantitative estimate of drug-likeness (QED) is 0.665. The molecule has 0 heterocycles. The second kappa shape index (κ2) is 5.89. The van der Waals surface area contributed by atoms with Crippen LogP contribution in [0, 0.1) is 11.8 Å². The van der Waals surface area contributed by atoms with Crippen molar-refractivity contribution in [3.63, 3.8) is 0 Å². The lowest BCUT2D eigenvalue weighted by molar-refractivity contribution is 1.36. The summed E-state index contributed by atoms with van der Waals surface area (Å²) in [6.45, 7) is 5.85. The van der Waals surface area contributed by atoms with Crippen LogP contribution in [0.3, 0.4) is 0 Å². The molecule has 12 heavy (non-hydrogen) atoms. The van der Waals surface area contributed by atoms with Crippen molar-refractivity contribution in [2.24, 2.45) is 5.18 Å². The smallest absolute Gasteiger partial charge is 0.112 e. The number of hydrogen-bond donors (Lipinski definition) is 0. The van der Waals surface area contributed by atoms with Gasteiger partial charge in [-0.1, -0.05) is 35.8 Å². The third kappa shape index (κ3) is 2.74. The predicted octanol–water partition coefficient (Wildman–Crippen LogP) is 4.18.